The second-order valence-electron chi connectivity index (χ2n) is 7.67. The molecule has 1 N–H and O–H groups in total. The minimum Gasteiger partial charge on any atom is -0.481 e. The Morgan fingerprint density at radius 2 is 1.88 bits per heavy atom. The third kappa shape index (κ3) is 4.19. The molecule has 1 aromatic carbocycles. The number of nitrogens with zero attached hydrogens (tertiary/aromatic N) is 4. The number of methoxy groups -OCH3 is 1. The predicted molar refractivity (Wildman–Crippen MR) is 121 cm³/mol. The van der Waals surface area contributed by atoms with Gasteiger partial charge in [-0.05, 0) is 35.9 Å². The molecule has 0 saturated heterocycles. The summed E-state index contributed by atoms with van der Waals surface area (Å²) in [7, 11) is 1.51. The number of ether oxygens (including phenoxy) is 1. The molecule has 6 nitrogen and oxygen atoms in total. The molecular weight excluding hydrogens is 443 g/mol. The highest BCUT2D eigenvalue weighted by Gasteiger charge is 2.21. The van der Waals surface area contributed by atoms with Crippen molar-refractivity contribution in [2.75, 3.05) is 12.4 Å². The molecule has 0 fully saturated rings. The van der Waals surface area contributed by atoms with Crippen LogP contribution in [0.1, 0.15) is 17.9 Å². The zero-order valence-electron chi connectivity index (χ0n) is 18.0. The number of benzene rings is 1. The fraction of sp³-hybridized carbons (Fsp3) is 0.120. The van der Waals surface area contributed by atoms with Crippen molar-refractivity contribution < 1.29 is 17.9 Å². The molecule has 34 heavy (non-hydrogen) atoms. The standard InChI is InChI=1S/C25H18F3N5O/c1-34-22-11-14(6-8-30-22)16-9-18-23(21(28)10-16)32-24(15-3-2-7-29-13-15)33-25(18)31-17-4-5-19(26)20(27)12-17/h2-9,11-13,16H,10H2,1H3,(H,31,32,33). The van der Waals surface area contributed by atoms with Crippen LogP contribution in [0.2, 0.25) is 0 Å². The maximum atomic E-state index is 15.4. The van der Waals surface area contributed by atoms with Crippen LogP contribution in [0.4, 0.5) is 24.7 Å². The maximum Gasteiger partial charge on any atom is 0.213 e. The first-order valence-electron chi connectivity index (χ1n) is 10.4. The zero-order valence-corrected chi connectivity index (χ0v) is 18.0. The molecule has 170 valence electrons. The van der Waals surface area contributed by atoms with E-state index in [0.29, 0.717) is 16.7 Å². The van der Waals surface area contributed by atoms with E-state index in [2.05, 4.69) is 25.3 Å². The number of nitrogens with one attached hydrogen (secondary N) is 1. The number of aromatic nitrogens is 4. The number of hydrogen-bond donors (Lipinski definition) is 1. The largest absolute Gasteiger partial charge is 0.481 e. The lowest BCUT2D eigenvalue weighted by atomic mass is 9.91. The lowest BCUT2D eigenvalue weighted by molar-refractivity contribution is 0.397. The summed E-state index contributed by atoms with van der Waals surface area (Å²) in [6, 6.07) is 10.4. The highest BCUT2D eigenvalue weighted by Crippen LogP contribution is 2.30. The lowest BCUT2D eigenvalue weighted by Gasteiger charge is -2.18. The summed E-state index contributed by atoms with van der Waals surface area (Å²) in [5.41, 5.74) is 1.66. The molecule has 3 aromatic heterocycles. The number of anilines is 2. The van der Waals surface area contributed by atoms with Crippen LogP contribution in [0.15, 0.2) is 61.1 Å². The van der Waals surface area contributed by atoms with E-state index in [1.165, 1.54) is 13.2 Å². The smallest absolute Gasteiger partial charge is 0.213 e. The van der Waals surface area contributed by atoms with E-state index in [9.17, 15) is 8.78 Å². The summed E-state index contributed by atoms with van der Waals surface area (Å²) in [5, 5.41) is 3.55. The molecule has 0 spiro atoms. The minimum absolute atomic E-state index is 0.0915. The van der Waals surface area contributed by atoms with Gasteiger partial charge in [0, 0.05) is 59.5 Å². The van der Waals surface area contributed by atoms with E-state index in [4.69, 9.17) is 4.74 Å². The molecule has 5 rings (SSSR count). The van der Waals surface area contributed by atoms with Gasteiger partial charge in [0.15, 0.2) is 17.5 Å². The Morgan fingerprint density at radius 3 is 2.65 bits per heavy atom. The molecular formula is C25H18F3N5O. The van der Waals surface area contributed by atoms with Gasteiger partial charge in [-0.1, -0.05) is 6.08 Å². The Kier molecular flexibility index (Phi) is 5.67. The Balaban J connectivity index is 1.69. The van der Waals surface area contributed by atoms with Crippen molar-refractivity contribution in [1.29, 1.82) is 0 Å². The van der Waals surface area contributed by atoms with Crippen LogP contribution in [0.3, 0.4) is 0 Å². The average molecular weight is 461 g/mol. The predicted octanol–water partition coefficient (Wildman–Crippen LogP) is 4.01. The van der Waals surface area contributed by atoms with E-state index in [1.807, 2.05) is 6.08 Å². The zero-order chi connectivity index (χ0) is 23.7. The summed E-state index contributed by atoms with van der Waals surface area (Å²) in [6.07, 6.45) is 6.71. The Morgan fingerprint density at radius 1 is 1.00 bits per heavy atom. The molecule has 1 aliphatic carbocycles. The normalized spacial score (nSPS) is 14.8. The minimum atomic E-state index is -1.01. The molecule has 0 aliphatic heterocycles. The molecule has 0 radical (unpaired) electrons. The fourth-order valence-electron chi connectivity index (χ4n) is 3.80. The number of halogens is 3. The Hall–Kier alpha value is -4.27. The third-order valence-corrected chi connectivity index (χ3v) is 5.47. The molecule has 1 unspecified atom stereocenters. The number of rotatable bonds is 5. The first-order chi connectivity index (χ1) is 16.5. The topological polar surface area (TPSA) is 72.8 Å². The SMILES string of the molecule is COc1cc(C2C=c3c(Nc4ccc(F)c(F)c4)nc(-c4cccnc4)nc3=C(F)C2)ccn1. The molecule has 0 saturated carbocycles. The summed E-state index contributed by atoms with van der Waals surface area (Å²) >= 11 is 0. The van der Waals surface area contributed by atoms with E-state index in [0.717, 1.165) is 17.7 Å². The fourth-order valence-corrected chi connectivity index (χ4v) is 3.80. The summed E-state index contributed by atoms with van der Waals surface area (Å²) in [6.45, 7) is 0. The van der Waals surface area contributed by atoms with Crippen LogP contribution in [-0.2, 0) is 0 Å². The van der Waals surface area contributed by atoms with Crippen LogP contribution in [0.25, 0.3) is 23.3 Å². The van der Waals surface area contributed by atoms with E-state index < -0.39 is 17.5 Å². The van der Waals surface area contributed by atoms with Gasteiger partial charge in [-0.3, -0.25) is 4.98 Å². The maximum absolute atomic E-state index is 15.4. The lowest BCUT2D eigenvalue weighted by Crippen LogP contribution is -2.37. The highest BCUT2D eigenvalue weighted by atomic mass is 19.2. The summed E-state index contributed by atoms with van der Waals surface area (Å²) < 4.78 is 47.9. The Bertz CT molecular complexity index is 1490. The molecule has 0 amide bonds. The van der Waals surface area contributed by atoms with Gasteiger partial charge < -0.3 is 10.1 Å². The van der Waals surface area contributed by atoms with E-state index >= 15 is 4.39 Å². The van der Waals surface area contributed by atoms with Gasteiger partial charge in [0.25, 0.3) is 0 Å². The van der Waals surface area contributed by atoms with Crippen LogP contribution in [0.5, 0.6) is 5.88 Å². The van der Waals surface area contributed by atoms with Gasteiger partial charge in [0.1, 0.15) is 17.0 Å². The van der Waals surface area contributed by atoms with Gasteiger partial charge in [-0.2, -0.15) is 0 Å². The molecule has 4 aromatic rings. The van der Waals surface area contributed by atoms with Gasteiger partial charge in [0.05, 0.1) is 7.11 Å². The van der Waals surface area contributed by atoms with Crippen molar-refractivity contribution in [1.82, 2.24) is 19.9 Å². The van der Waals surface area contributed by atoms with E-state index in [1.54, 1.807) is 42.9 Å². The number of fused-ring (bicyclic) bond motifs is 1. The first-order valence-corrected chi connectivity index (χ1v) is 10.4. The quantitative estimate of drug-likeness (QED) is 0.484. The number of pyridine rings is 2. The molecule has 1 atom stereocenters. The third-order valence-electron chi connectivity index (χ3n) is 5.47. The van der Waals surface area contributed by atoms with Crippen molar-refractivity contribution in [3.05, 3.63) is 88.8 Å². The molecule has 0 bridgehead atoms. The second-order valence-corrected chi connectivity index (χ2v) is 7.67. The molecule has 1 aliphatic rings. The van der Waals surface area contributed by atoms with Crippen LogP contribution in [-0.4, -0.2) is 27.0 Å². The highest BCUT2D eigenvalue weighted by molar-refractivity contribution is 5.65. The van der Waals surface area contributed by atoms with Gasteiger partial charge in [-0.25, -0.2) is 28.1 Å². The monoisotopic (exact) mass is 461 g/mol. The first kappa shape index (κ1) is 21.6. The van der Waals surface area contributed by atoms with Crippen molar-refractivity contribution in [2.24, 2.45) is 0 Å². The molecule has 3 heterocycles. The van der Waals surface area contributed by atoms with Gasteiger partial charge in [0.2, 0.25) is 5.88 Å². The van der Waals surface area contributed by atoms with Gasteiger partial charge >= 0.3 is 0 Å². The second kappa shape index (κ2) is 8.93. The van der Waals surface area contributed by atoms with Crippen LogP contribution in [0, 0.1) is 11.6 Å². The summed E-state index contributed by atoms with van der Waals surface area (Å²) in [4.78, 5) is 17.2. The average Bonchev–Trinajstić information content (AvgIpc) is 2.87. The number of hydrogen-bond acceptors (Lipinski definition) is 6. The van der Waals surface area contributed by atoms with Crippen LogP contribution < -0.4 is 20.6 Å². The summed E-state index contributed by atoms with van der Waals surface area (Å²) in [5.74, 6) is -1.80. The van der Waals surface area contributed by atoms with Crippen molar-refractivity contribution >= 4 is 23.4 Å². The van der Waals surface area contributed by atoms with Crippen molar-refractivity contribution in [3.8, 4) is 17.3 Å². The van der Waals surface area contributed by atoms with E-state index in [-0.39, 0.29) is 35.0 Å². The van der Waals surface area contributed by atoms with Crippen molar-refractivity contribution in [2.45, 2.75) is 12.3 Å². The van der Waals surface area contributed by atoms with Crippen LogP contribution >= 0.6 is 0 Å². The Labute approximate surface area is 192 Å². The van der Waals surface area contributed by atoms with Crippen molar-refractivity contribution in [3.63, 3.8) is 0 Å². The molecule has 9 heteroatoms. The van der Waals surface area contributed by atoms with Gasteiger partial charge in [-0.15, -0.1) is 0 Å².